The summed E-state index contributed by atoms with van der Waals surface area (Å²) in [6.07, 6.45) is 1.68. The molecule has 0 saturated carbocycles. The highest BCUT2D eigenvalue weighted by Gasteiger charge is 2.29. The van der Waals surface area contributed by atoms with Gasteiger partial charge in [0.2, 0.25) is 0 Å². The molecule has 1 aliphatic heterocycles. The van der Waals surface area contributed by atoms with Gasteiger partial charge in [-0.2, -0.15) is 0 Å². The summed E-state index contributed by atoms with van der Waals surface area (Å²) in [5.41, 5.74) is 0. The quantitative estimate of drug-likeness (QED) is 0.734. The van der Waals surface area contributed by atoms with E-state index < -0.39 is 8.32 Å². The Morgan fingerprint density at radius 1 is 1.53 bits per heavy atom. The molecule has 3 nitrogen and oxygen atoms in total. The average Bonchev–Trinajstić information content (AvgIpc) is 2.18. The zero-order chi connectivity index (χ0) is 11.3. The molecule has 0 bridgehead atoms. The largest absolute Gasteiger partial charge is 0.412 e. The molecule has 2 atom stereocenters. The smallest absolute Gasteiger partial charge is 0.187 e. The fraction of sp³-hybridized carbons (Fsp3) is 1.00. The van der Waals surface area contributed by atoms with Crippen LogP contribution in [-0.4, -0.2) is 40.2 Å². The van der Waals surface area contributed by atoms with E-state index in [4.69, 9.17) is 9.16 Å². The van der Waals surface area contributed by atoms with Crippen LogP contribution in [0.1, 0.15) is 20.3 Å². The van der Waals surface area contributed by atoms with E-state index in [9.17, 15) is 0 Å². The average molecular weight is 231 g/mol. The van der Waals surface area contributed by atoms with Crippen molar-refractivity contribution in [1.82, 2.24) is 5.32 Å². The van der Waals surface area contributed by atoms with Crippen molar-refractivity contribution in [3.63, 3.8) is 0 Å². The number of morpholine rings is 1. The van der Waals surface area contributed by atoms with Gasteiger partial charge in [0, 0.05) is 13.1 Å². The topological polar surface area (TPSA) is 30.5 Å². The van der Waals surface area contributed by atoms with E-state index >= 15 is 0 Å². The van der Waals surface area contributed by atoms with Gasteiger partial charge in [0.1, 0.15) is 0 Å². The maximum atomic E-state index is 6.19. The fourth-order valence-corrected chi connectivity index (χ4v) is 4.61. The lowest BCUT2D eigenvalue weighted by atomic mass is 10.2. The maximum absolute atomic E-state index is 6.19. The Balaban J connectivity index is 2.35. The van der Waals surface area contributed by atoms with Crippen molar-refractivity contribution in [2.24, 2.45) is 0 Å². The molecule has 0 aromatic carbocycles. The molecule has 0 spiro atoms. The first-order chi connectivity index (χ1) is 7.05. The molecule has 1 rings (SSSR count). The molecule has 4 heteroatoms. The van der Waals surface area contributed by atoms with Crippen molar-refractivity contribution >= 4 is 8.32 Å². The van der Waals surface area contributed by atoms with Gasteiger partial charge < -0.3 is 14.5 Å². The van der Waals surface area contributed by atoms with Crippen LogP contribution in [0, 0.1) is 0 Å². The number of rotatable bonds is 5. The van der Waals surface area contributed by atoms with Crippen molar-refractivity contribution < 1.29 is 9.16 Å². The molecule has 0 aromatic rings. The lowest BCUT2D eigenvalue weighted by Crippen LogP contribution is -2.48. The first-order valence-corrected chi connectivity index (χ1v) is 9.17. The lowest BCUT2D eigenvalue weighted by Gasteiger charge is -2.34. The normalized spacial score (nSPS) is 25.2. The molecule has 0 aromatic heterocycles. The number of nitrogens with one attached hydrogen (secondary N) is 1. The third-order valence-corrected chi connectivity index (χ3v) is 5.55. The summed E-state index contributed by atoms with van der Waals surface area (Å²) in [6.45, 7) is 11.7. The van der Waals surface area contributed by atoms with Gasteiger partial charge in [-0.3, -0.25) is 0 Å². The number of hydrogen-bond donors (Lipinski definition) is 1. The van der Waals surface area contributed by atoms with E-state index in [-0.39, 0.29) is 12.2 Å². The van der Waals surface area contributed by atoms with Crippen LogP contribution in [0.3, 0.4) is 0 Å². The second kappa shape index (κ2) is 5.99. The molecule has 0 amide bonds. The Bertz CT molecular complexity index is 181. The van der Waals surface area contributed by atoms with Crippen molar-refractivity contribution in [2.45, 2.75) is 51.6 Å². The Morgan fingerprint density at radius 3 is 2.80 bits per heavy atom. The van der Waals surface area contributed by atoms with Crippen LogP contribution in [-0.2, 0) is 9.16 Å². The second-order valence-electron chi connectivity index (χ2n) is 4.95. The van der Waals surface area contributed by atoms with Crippen LogP contribution in [0.5, 0.6) is 0 Å². The SMILES string of the molecule is CCC[Si](C)(C)OC(C)C1CNCCO1. The second-order valence-corrected chi connectivity index (χ2v) is 9.20. The summed E-state index contributed by atoms with van der Waals surface area (Å²) in [6, 6.07) is 1.23. The molecule has 1 N–H and O–H groups in total. The van der Waals surface area contributed by atoms with Crippen LogP contribution in [0.25, 0.3) is 0 Å². The molecule has 0 aliphatic carbocycles. The predicted octanol–water partition coefficient (Wildman–Crippen LogP) is 1.99. The molecule has 1 aliphatic rings. The highest BCUT2D eigenvalue weighted by Crippen LogP contribution is 2.18. The van der Waals surface area contributed by atoms with Crippen molar-refractivity contribution in [3.8, 4) is 0 Å². The maximum Gasteiger partial charge on any atom is 0.187 e. The first-order valence-electron chi connectivity index (χ1n) is 6.05. The molecule has 90 valence electrons. The third-order valence-electron chi connectivity index (χ3n) is 2.84. The van der Waals surface area contributed by atoms with Gasteiger partial charge in [0.05, 0.1) is 18.8 Å². The summed E-state index contributed by atoms with van der Waals surface area (Å²) in [7, 11) is -1.46. The zero-order valence-electron chi connectivity index (χ0n) is 10.5. The Labute approximate surface area is 94.7 Å². The summed E-state index contributed by atoms with van der Waals surface area (Å²) >= 11 is 0. The fourth-order valence-electron chi connectivity index (χ4n) is 2.13. The highest BCUT2D eigenvalue weighted by molar-refractivity contribution is 6.71. The van der Waals surface area contributed by atoms with Gasteiger partial charge in [-0.25, -0.2) is 0 Å². The van der Waals surface area contributed by atoms with Gasteiger partial charge >= 0.3 is 0 Å². The van der Waals surface area contributed by atoms with Crippen LogP contribution in [0.4, 0.5) is 0 Å². The van der Waals surface area contributed by atoms with E-state index in [0.29, 0.717) is 0 Å². The standard InChI is InChI=1S/C11H25NO2Si/c1-5-8-15(3,4)14-10(2)11-9-12-6-7-13-11/h10-12H,5-9H2,1-4H3. The number of hydrogen-bond acceptors (Lipinski definition) is 3. The summed E-state index contributed by atoms with van der Waals surface area (Å²) in [4.78, 5) is 0. The van der Waals surface area contributed by atoms with Crippen LogP contribution in [0.15, 0.2) is 0 Å². The Morgan fingerprint density at radius 2 is 2.27 bits per heavy atom. The Hall–Kier alpha value is 0.0969. The lowest BCUT2D eigenvalue weighted by molar-refractivity contribution is -0.0382. The van der Waals surface area contributed by atoms with Crippen molar-refractivity contribution in [1.29, 1.82) is 0 Å². The van der Waals surface area contributed by atoms with Gasteiger partial charge in [-0.15, -0.1) is 0 Å². The number of ether oxygens (including phenoxy) is 1. The molecule has 2 unspecified atom stereocenters. The minimum Gasteiger partial charge on any atom is -0.412 e. The van der Waals surface area contributed by atoms with E-state index in [2.05, 4.69) is 32.3 Å². The minimum absolute atomic E-state index is 0.228. The minimum atomic E-state index is -1.46. The monoisotopic (exact) mass is 231 g/mol. The molecule has 1 heterocycles. The van der Waals surface area contributed by atoms with Crippen molar-refractivity contribution in [3.05, 3.63) is 0 Å². The van der Waals surface area contributed by atoms with Gasteiger partial charge in [0.25, 0.3) is 0 Å². The van der Waals surface area contributed by atoms with E-state index in [0.717, 1.165) is 19.7 Å². The van der Waals surface area contributed by atoms with Crippen LogP contribution < -0.4 is 5.32 Å². The van der Waals surface area contributed by atoms with Gasteiger partial charge in [0.15, 0.2) is 8.32 Å². The Kier molecular flexibility index (Phi) is 5.25. The van der Waals surface area contributed by atoms with E-state index in [1.165, 1.54) is 12.5 Å². The third kappa shape index (κ3) is 4.63. The predicted molar refractivity (Wildman–Crippen MR) is 65.7 cm³/mol. The van der Waals surface area contributed by atoms with Crippen molar-refractivity contribution in [2.75, 3.05) is 19.7 Å². The van der Waals surface area contributed by atoms with Crippen LogP contribution >= 0.6 is 0 Å². The summed E-state index contributed by atoms with van der Waals surface area (Å²) in [5.74, 6) is 0. The van der Waals surface area contributed by atoms with E-state index in [1.54, 1.807) is 0 Å². The molecule has 0 radical (unpaired) electrons. The summed E-state index contributed by atoms with van der Waals surface area (Å²) in [5, 5.41) is 3.34. The van der Waals surface area contributed by atoms with Gasteiger partial charge in [-0.1, -0.05) is 13.3 Å². The zero-order valence-corrected chi connectivity index (χ0v) is 11.5. The molecule has 1 saturated heterocycles. The summed E-state index contributed by atoms with van der Waals surface area (Å²) < 4.78 is 11.9. The first kappa shape index (κ1) is 13.2. The van der Waals surface area contributed by atoms with Gasteiger partial charge in [-0.05, 0) is 26.1 Å². The van der Waals surface area contributed by atoms with E-state index in [1.807, 2.05) is 0 Å². The molecular weight excluding hydrogens is 206 g/mol. The van der Waals surface area contributed by atoms with Crippen LogP contribution in [0.2, 0.25) is 19.1 Å². The highest BCUT2D eigenvalue weighted by atomic mass is 28.4. The molecule has 15 heavy (non-hydrogen) atoms. The molecule has 1 fully saturated rings. The molecular formula is C11H25NO2Si.